The predicted octanol–water partition coefficient (Wildman–Crippen LogP) is 2.02. The highest BCUT2D eigenvalue weighted by Gasteiger charge is 2.29. The molecule has 7 nitrogen and oxygen atoms in total. The molecule has 1 N–H and O–H groups in total. The lowest BCUT2D eigenvalue weighted by Crippen LogP contribution is -2.48. The van der Waals surface area contributed by atoms with Crippen molar-refractivity contribution in [3.8, 4) is 0 Å². The van der Waals surface area contributed by atoms with E-state index in [2.05, 4.69) is 15.2 Å². The zero-order valence-corrected chi connectivity index (χ0v) is 17.6. The van der Waals surface area contributed by atoms with Crippen LogP contribution in [0.5, 0.6) is 0 Å². The van der Waals surface area contributed by atoms with E-state index >= 15 is 0 Å². The number of anilines is 1. The molecule has 1 atom stereocenters. The van der Waals surface area contributed by atoms with Crippen LogP contribution in [-0.2, 0) is 29.0 Å². The van der Waals surface area contributed by atoms with Crippen LogP contribution >= 0.6 is 11.3 Å². The van der Waals surface area contributed by atoms with Crippen molar-refractivity contribution in [2.24, 2.45) is 5.92 Å². The van der Waals surface area contributed by atoms with Crippen molar-refractivity contribution in [2.75, 3.05) is 31.1 Å². The van der Waals surface area contributed by atoms with Gasteiger partial charge in [-0.15, -0.1) is 11.3 Å². The van der Waals surface area contributed by atoms with E-state index < -0.39 is 0 Å². The number of carbonyl (C=O) groups excluding carboxylic acids is 2. The normalized spacial score (nSPS) is 19.0. The largest absolute Gasteiger partial charge is 0.352 e. The minimum Gasteiger partial charge on any atom is -0.352 e. The zero-order chi connectivity index (χ0) is 20.2. The molecular weight excluding hydrogens is 386 g/mol. The molecule has 0 aromatic carbocycles. The summed E-state index contributed by atoms with van der Waals surface area (Å²) in [6.45, 7) is 5.63. The number of piperazine rings is 1. The smallest absolute Gasteiger partial charge is 0.223 e. The van der Waals surface area contributed by atoms with Crippen LogP contribution in [0, 0.1) is 5.92 Å². The molecule has 4 rings (SSSR count). The van der Waals surface area contributed by atoms with E-state index in [0.29, 0.717) is 13.0 Å². The van der Waals surface area contributed by atoms with Crippen molar-refractivity contribution < 1.29 is 9.59 Å². The predicted molar refractivity (Wildman–Crippen MR) is 113 cm³/mol. The second-order valence-corrected chi connectivity index (χ2v) is 8.66. The van der Waals surface area contributed by atoms with Crippen molar-refractivity contribution in [1.29, 1.82) is 0 Å². The Hall–Kier alpha value is -2.48. The molecule has 2 aliphatic rings. The van der Waals surface area contributed by atoms with Crippen LogP contribution in [0.2, 0.25) is 0 Å². The fraction of sp³-hybridized carbons (Fsp3) is 0.524. The molecule has 0 radical (unpaired) electrons. The third-order valence-electron chi connectivity index (χ3n) is 5.72. The van der Waals surface area contributed by atoms with Crippen molar-refractivity contribution in [3.63, 3.8) is 0 Å². The standard InChI is InChI=1S/C21H27N5O2S/c1-2-19(27)25-9-11-26(12-10-25)21-24-17-4-3-16(13-18(17)29-21)20(28)23-14-15-5-7-22-8-6-15/h5-8,16H,2-4,9-14H2,1H3,(H,23,28)/t16-/m1/s1. The lowest BCUT2D eigenvalue weighted by Gasteiger charge is -2.34. The Morgan fingerprint density at radius 1 is 1.21 bits per heavy atom. The highest BCUT2D eigenvalue weighted by atomic mass is 32.1. The van der Waals surface area contributed by atoms with Crippen molar-refractivity contribution in [2.45, 2.75) is 39.2 Å². The molecule has 0 unspecified atom stereocenters. The van der Waals surface area contributed by atoms with Crippen molar-refractivity contribution in [3.05, 3.63) is 40.7 Å². The Morgan fingerprint density at radius 2 is 1.97 bits per heavy atom. The summed E-state index contributed by atoms with van der Waals surface area (Å²) in [5, 5.41) is 4.10. The van der Waals surface area contributed by atoms with Crippen molar-refractivity contribution in [1.82, 2.24) is 20.2 Å². The first-order valence-electron chi connectivity index (χ1n) is 10.3. The second-order valence-electron chi connectivity index (χ2n) is 7.60. The molecule has 2 aromatic rings. The Labute approximate surface area is 175 Å². The van der Waals surface area contributed by atoms with E-state index in [9.17, 15) is 9.59 Å². The molecule has 2 aromatic heterocycles. The van der Waals surface area contributed by atoms with E-state index in [1.165, 1.54) is 4.88 Å². The monoisotopic (exact) mass is 413 g/mol. The van der Waals surface area contributed by atoms with Gasteiger partial charge in [-0.3, -0.25) is 14.6 Å². The quantitative estimate of drug-likeness (QED) is 0.811. The zero-order valence-electron chi connectivity index (χ0n) is 16.8. The summed E-state index contributed by atoms with van der Waals surface area (Å²) in [4.78, 5) is 38.8. The van der Waals surface area contributed by atoms with Crippen LogP contribution in [0.4, 0.5) is 5.13 Å². The summed E-state index contributed by atoms with van der Waals surface area (Å²) in [6, 6.07) is 3.84. The van der Waals surface area contributed by atoms with Gasteiger partial charge in [0.25, 0.3) is 0 Å². The van der Waals surface area contributed by atoms with Crippen LogP contribution in [0.3, 0.4) is 0 Å². The van der Waals surface area contributed by atoms with Gasteiger partial charge < -0.3 is 15.1 Å². The van der Waals surface area contributed by atoms with E-state index in [-0.39, 0.29) is 17.7 Å². The number of carbonyl (C=O) groups is 2. The van der Waals surface area contributed by atoms with Crippen LogP contribution in [0.1, 0.15) is 35.9 Å². The maximum absolute atomic E-state index is 12.6. The Morgan fingerprint density at radius 3 is 2.69 bits per heavy atom. The van der Waals surface area contributed by atoms with Gasteiger partial charge in [-0.1, -0.05) is 6.92 Å². The number of pyridine rings is 1. The first-order chi connectivity index (χ1) is 14.1. The molecule has 2 amide bonds. The number of hydrogen-bond donors (Lipinski definition) is 1. The highest BCUT2D eigenvalue weighted by molar-refractivity contribution is 7.15. The number of fused-ring (bicyclic) bond motifs is 1. The average Bonchev–Trinajstić information content (AvgIpc) is 3.21. The molecule has 0 spiro atoms. The number of thiazole rings is 1. The molecule has 1 saturated heterocycles. The first-order valence-corrected chi connectivity index (χ1v) is 11.1. The van der Waals surface area contributed by atoms with Gasteiger partial charge >= 0.3 is 0 Å². The Kier molecular flexibility index (Phi) is 6.08. The number of nitrogens with zero attached hydrogens (tertiary/aromatic N) is 4. The van der Waals surface area contributed by atoms with Gasteiger partial charge in [-0.25, -0.2) is 4.98 Å². The van der Waals surface area contributed by atoms with Crippen LogP contribution < -0.4 is 10.2 Å². The van der Waals surface area contributed by atoms with Gasteiger partial charge in [-0.2, -0.15) is 0 Å². The Bertz CT molecular complexity index is 861. The van der Waals surface area contributed by atoms with Gasteiger partial charge in [0.15, 0.2) is 5.13 Å². The minimum atomic E-state index is 0.0108. The molecule has 8 heteroatoms. The van der Waals surface area contributed by atoms with Gasteiger partial charge in [0.2, 0.25) is 11.8 Å². The third-order valence-corrected chi connectivity index (χ3v) is 6.90. The van der Waals surface area contributed by atoms with Crippen LogP contribution in [-0.4, -0.2) is 52.9 Å². The summed E-state index contributed by atoms with van der Waals surface area (Å²) in [5.74, 6) is 0.356. The maximum Gasteiger partial charge on any atom is 0.223 e. The highest BCUT2D eigenvalue weighted by Crippen LogP contribution is 2.34. The average molecular weight is 414 g/mol. The molecule has 0 bridgehead atoms. The molecule has 0 saturated carbocycles. The number of hydrogen-bond acceptors (Lipinski definition) is 6. The van der Waals surface area contributed by atoms with E-state index in [1.54, 1.807) is 23.7 Å². The minimum absolute atomic E-state index is 0.0108. The van der Waals surface area contributed by atoms with E-state index in [4.69, 9.17) is 4.98 Å². The molecular formula is C21H27N5O2S. The van der Waals surface area contributed by atoms with Gasteiger partial charge in [0.1, 0.15) is 0 Å². The fourth-order valence-corrected chi connectivity index (χ4v) is 5.16. The Balaban J connectivity index is 1.33. The lowest BCUT2D eigenvalue weighted by molar-refractivity contribution is -0.131. The summed E-state index contributed by atoms with van der Waals surface area (Å²) >= 11 is 1.72. The number of aromatic nitrogens is 2. The van der Waals surface area contributed by atoms with Gasteiger partial charge in [0, 0.05) is 62.3 Å². The fourth-order valence-electron chi connectivity index (χ4n) is 3.93. The summed E-state index contributed by atoms with van der Waals surface area (Å²) < 4.78 is 0. The third kappa shape index (κ3) is 4.58. The van der Waals surface area contributed by atoms with Gasteiger partial charge in [-0.05, 0) is 37.0 Å². The van der Waals surface area contributed by atoms with Crippen LogP contribution in [0.25, 0.3) is 0 Å². The number of nitrogens with one attached hydrogen (secondary N) is 1. The number of rotatable bonds is 5. The molecule has 29 heavy (non-hydrogen) atoms. The molecule has 1 aliphatic heterocycles. The van der Waals surface area contributed by atoms with Crippen molar-refractivity contribution >= 4 is 28.3 Å². The van der Waals surface area contributed by atoms with Gasteiger partial charge in [0.05, 0.1) is 5.69 Å². The number of aryl methyl sites for hydroxylation is 1. The molecule has 1 fully saturated rings. The maximum atomic E-state index is 12.6. The first kappa shape index (κ1) is 19.8. The molecule has 154 valence electrons. The molecule has 3 heterocycles. The lowest BCUT2D eigenvalue weighted by atomic mass is 9.90. The number of amides is 2. The summed E-state index contributed by atoms with van der Waals surface area (Å²) in [6.07, 6.45) is 6.51. The van der Waals surface area contributed by atoms with E-state index in [0.717, 1.165) is 61.8 Å². The second kappa shape index (κ2) is 8.90. The van der Waals surface area contributed by atoms with E-state index in [1.807, 2.05) is 24.0 Å². The summed E-state index contributed by atoms with van der Waals surface area (Å²) in [5.41, 5.74) is 2.21. The SMILES string of the molecule is CCC(=O)N1CCN(c2nc3c(s2)C[C@H](C(=O)NCc2ccncc2)CC3)CC1. The summed E-state index contributed by atoms with van der Waals surface area (Å²) in [7, 11) is 0. The van der Waals surface area contributed by atoms with Crippen LogP contribution in [0.15, 0.2) is 24.5 Å². The molecule has 1 aliphatic carbocycles. The topological polar surface area (TPSA) is 78.4 Å².